The van der Waals surface area contributed by atoms with Crippen LogP contribution in [0.5, 0.6) is 0 Å². The van der Waals surface area contributed by atoms with Gasteiger partial charge < -0.3 is 45.1 Å². The summed E-state index contributed by atoms with van der Waals surface area (Å²) in [5.41, 5.74) is 0. The van der Waals surface area contributed by atoms with Crippen LogP contribution in [0.1, 0.15) is 245 Å². The van der Waals surface area contributed by atoms with E-state index in [1.165, 1.54) is 148 Å². The number of ether oxygens (including phenoxy) is 3. The molecule has 11 nitrogen and oxygen atoms in total. The van der Waals surface area contributed by atoms with Crippen molar-refractivity contribution in [2.45, 2.75) is 288 Å². The standard InChI is InChI=1S/C52H99NO10/c1-3-5-7-9-11-13-18-22-26-30-34-38-45(55)44(43-62-52-51(60)50(59)49(58)46(42-54)63-52)53-47(56)39-35-31-27-23-20-16-15-17-21-25-29-33-37-41-61-48(57)40-36-32-28-24-19-14-12-10-8-6-4-2/h34,38,44-46,49-52,54-55,58-60H,3-33,35-37,39-43H2,1-2H3,(H,53,56)/b38-34+. The van der Waals surface area contributed by atoms with Gasteiger partial charge in [0.05, 0.1) is 32.0 Å². The van der Waals surface area contributed by atoms with Crippen LogP contribution in [0.3, 0.4) is 0 Å². The molecule has 0 aliphatic carbocycles. The molecule has 1 amide bonds. The third-order valence-corrected chi connectivity index (χ3v) is 12.7. The first-order valence-electron chi connectivity index (χ1n) is 26.5. The number of aliphatic hydroxyl groups excluding tert-OH is 5. The van der Waals surface area contributed by atoms with Gasteiger partial charge >= 0.3 is 5.97 Å². The summed E-state index contributed by atoms with van der Waals surface area (Å²) < 4.78 is 16.6. The van der Waals surface area contributed by atoms with Crippen LogP contribution in [0.4, 0.5) is 0 Å². The highest BCUT2D eigenvalue weighted by Gasteiger charge is 2.44. The molecule has 1 aliphatic heterocycles. The van der Waals surface area contributed by atoms with Gasteiger partial charge in [-0.2, -0.15) is 0 Å². The number of rotatable bonds is 45. The van der Waals surface area contributed by atoms with Gasteiger partial charge in [-0.25, -0.2) is 0 Å². The van der Waals surface area contributed by atoms with Crippen LogP contribution in [0, 0.1) is 0 Å². The quantitative estimate of drug-likeness (QED) is 0.0196. The molecule has 0 aromatic rings. The Bertz CT molecular complexity index is 1060. The second-order valence-electron chi connectivity index (χ2n) is 18.6. The zero-order valence-corrected chi connectivity index (χ0v) is 40.6. The van der Waals surface area contributed by atoms with Gasteiger partial charge in [0.25, 0.3) is 0 Å². The molecule has 0 spiro atoms. The molecule has 7 unspecified atom stereocenters. The number of esters is 1. The number of aliphatic hydroxyl groups is 5. The van der Waals surface area contributed by atoms with E-state index in [9.17, 15) is 35.1 Å². The predicted molar refractivity (Wildman–Crippen MR) is 255 cm³/mol. The van der Waals surface area contributed by atoms with E-state index in [1.54, 1.807) is 6.08 Å². The lowest BCUT2D eigenvalue weighted by Gasteiger charge is -2.40. The van der Waals surface area contributed by atoms with Crippen LogP contribution in [0.25, 0.3) is 0 Å². The number of nitrogens with one attached hydrogen (secondary N) is 1. The summed E-state index contributed by atoms with van der Waals surface area (Å²) in [5.74, 6) is -0.223. The van der Waals surface area contributed by atoms with Crippen LogP contribution >= 0.6 is 0 Å². The monoisotopic (exact) mass is 898 g/mol. The maximum Gasteiger partial charge on any atom is 0.305 e. The molecule has 0 aromatic carbocycles. The van der Waals surface area contributed by atoms with Gasteiger partial charge in [0.15, 0.2) is 6.29 Å². The van der Waals surface area contributed by atoms with Crippen molar-refractivity contribution >= 4 is 11.9 Å². The molecule has 1 saturated heterocycles. The first-order chi connectivity index (χ1) is 30.7. The van der Waals surface area contributed by atoms with Crippen molar-refractivity contribution in [2.24, 2.45) is 0 Å². The Morgan fingerprint density at radius 1 is 0.571 bits per heavy atom. The lowest BCUT2D eigenvalue weighted by molar-refractivity contribution is -0.302. The van der Waals surface area contributed by atoms with Crippen molar-refractivity contribution in [1.82, 2.24) is 5.32 Å². The van der Waals surface area contributed by atoms with Crippen molar-refractivity contribution in [1.29, 1.82) is 0 Å². The number of allylic oxidation sites excluding steroid dienone is 1. The van der Waals surface area contributed by atoms with Crippen molar-refractivity contribution < 1.29 is 49.3 Å². The van der Waals surface area contributed by atoms with Gasteiger partial charge in [-0.05, 0) is 32.1 Å². The zero-order chi connectivity index (χ0) is 46.0. The molecule has 1 fully saturated rings. The Balaban J connectivity index is 2.16. The Morgan fingerprint density at radius 3 is 1.48 bits per heavy atom. The SMILES string of the molecule is CCCCCCCCCCC/C=C/C(O)C(COC1OC(CO)C(O)C(O)C1O)NC(=O)CCCCCCCCCCCCCCCOC(=O)CCCCCCCCCCCCC. The zero-order valence-electron chi connectivity index (χ0n) is 40.6. The van der Waals surface area contributed by atoms with Crippen molar-refractivity contribution in [3.05, 3.63) is 12.2 Å². The number of carbonyl (C=O) groups is 2. The highest BCUT2D eigenvalue weighted by Crippen LogP contribution is 2.23. The topological polar surface area (TPSA) is 175 Å². The molecular formula is C52H99NO10. The molecule has 6 N–H and O–H groups in total. The fourth-order valence-electron chi connectivity index (χ4n) is 8.37. The van der Waals surface area contributed by atoms with Gasteiger partial charge in [-0.15, -0.1) is 0 Å². The molecule has 1 heterocycles. The van der Waals surface area contributed by atoms with Gasteiger partial charge in [0.1, 0.15) is 24.4 Å². The summed E-state index contributed by atoms with van der Waals surface area (Å²) in [6.45, 7) is 4.28. The molecule has 1 rings (SSSR count). The third-order valence-electron chi connectivity index (χ3n) is 12.7. The summed E-state index contributed by atoms with van der Waals surface area (Å²) in [4.78, 5) is 25.0. The first-order valence-corrected chi connectivity index (χ1v) is 26.5. The Morgan fingerprint density at radius 2 is 1.00 bits per heavy atom. The third kappa shape index (κ3) is 33.5. The number of hydrogen-bond acceptors (Lipinski definition) is 10. The molecular weight excluding hydrogens is 799 g/mol. The van der Waals surface area contributed by atoms with Gasteiger partial charge in [0.2, 0.25) is 5.91 Å². The van der Waals surface area contributed by atoms with E-state index in [2.05, 4.69) is 19.2 Å². The van der Waals surface area contributed by atoms with Crippen molar-refractivity contribution in [3.63, 3.8) is 0 Å². The summed E-state index contributed by atoms with van der Waals surface area (Å²) in [5, 5.41) is 54.2. The second-order valence-corrected chi connectivity index (χ2v) is 18.6. The largest absolute Gasteiger partial charge is 0.466 e. The van der Waals surface area contributed by atoms with Crippen LogP contribution in [-0.4, -0.2) is 100 Å². The lowest BCUT2D eigenvalue weighted by atomic mass is 9.99. The van der Waals surface area contributed by atoms with Gasteiger partial charge in [-0.1, -0.05) is 212 Å². The smallest absolute Gasteiger partial charge is 0.305 e. The van der Waals surface area contributed by atoms with E-state index < -0.39 is 49.5 Å². The van der Waals surface area contributed by atoms with Crippen LogP contribution in [0.15, 0.2) is 12.2 Å². The molecule has 0 bridgehead atoms. The van der Waals surface area contributed by atoms with E-state index in [1.807, 2.05) is 6.08 Å². The number of carbonyl (C=O) groups excluding carboxylic acids is 2. The maximum atomic E-state index is 13.0. The highest BCUT2D eigenvalue weighted by molar-refractivity contribution is 5.76. The summed E-state index contributed by atoms with van der Waals surface area (Å²) in [6, 6.07) is -0.817. The first kappa shape index (κ1) is 59.4. The minimum absolute atomic E-state index is 0.0280. The molecule has 0 aromatic heterocycles. The van der Waals surface area contributed by atoms with Crippen molar-refractivity contribution in [3.8, 4) is 0 Å². The molecule has 11 heteroatoms. The van der Waals surface area contributed by atoms with E-state index >= 15 is 0 Å². The molecule has 7 atom stereocenters. The second kappa shape index (κ2) is 43.0. The van der Waals surface area contributed by atoms with Crippen LogP contribution < -0.4 is 5.32 Å². The average Bonchev–Trinajstić information content (AvgIpc) is 3.28. The normalized spacial score (nSPS) is 20.0. The molecule has 1 aliphatic rings. The average molecular weight is 898 g/mol. The number of hydrogen-bond donors (Lipinski definition) is 6. The minimum atomic E-state index is -1.57. The Labute approximate surface area is 385 Å². The molecule has 63 heavy (non-hydrogen) atoms. The molecule has 372 valence electrons. The predicted octanol–water partition coefficient (Wildman–Crippen LogP) is 10.8. The maximum absolute atomic E-state index is 13.0. The summed E-state index contributed by atoms with van der Waals surface area (Å²) in [7, 11) is 0. The van der Waals surface area contributed by atoms with E-state index in [0.717, 1.165) is 70.6 Å². The lowest BCUT2D eigenvalue weighted by Crippen LogP contribution is -2.60. The van der Waals surface area contributed by atoms with E-state index in [-0.39, 0.29) is 18.5 Å². The summed E-state index contributed by atoms with van der Waals surface area (Å²) in [6.07, 6.45) is 37.1. The fraction of sp³-hybridized carbons (Fsp3) is 0.923. The minimum Gasteiger partial charge on any atom is -0.466 e. The van der Waals surface area contributed by atoms with Crippen LogP contribution in [0.2, 0.25) is 0 Å². The molecule has 0 radical (unpaired) electrons. The van der Waals surface area contributed by atoms with E-state index in [4.69, 9.17) is 14.2 Å². The summed E-state index contributed by atoms with van der Waals surface area (Å²) >= 11 is 0. The Hall–Kier alpha value is -1.60. The number of amides is 1. The van der Waals surface area contributed by atoms with E-state index in [0.29, 0.717) is 19.4 Å². The Kier molecular flexibility index (Phi) is 40.6. The molecule has 0 saturated carbocycles. The van der Waals surface area contributed by atoms with Gasteiger partial charge in [-0.3, -0.25) is 9.59 Å². The number of unbranched alkanes of at least 4 members (excludes halogenated alkanes) is 31. The van der Waals surface area contributed by atoms with Crippen molar-refractivity contribution in [2.75, 3.05) is 19.8 Å². The van der Waals surface area contributed by atoms with Crippen LogP contribution in [-0.2, 0) is 23.8 Å². The fourth-order valence-corrected chi connectivity index (χ4v) is 8.37. The van der Waals surface area contributed by atoms with Gasteiger partial charge in [0, 0.05) is 12.8 Å². The highest BCUT2D eigenvalue weighted by atomic mass is 16.7.